The number of fused-ring (bicyclic) bond motifs is 9. The van der Waals surface area contributed by atoms with Crippen LogP contribution in [0.1, 0.15) is 203 Å². The van der Waals surface area contributed by atoms with E-state index < -0.39 is 0 Å². The molecule has 0 aliphatic carbocycles. The molecule has 18 heteroatoms. The summed E-state index contributed by atoms with van der Waals surface area (Å²) in [5.41, 5.74) is 26.6. The molecule has 0 unspecified atom stereocenters. The third-order valence-corrected chi connectivity index (χ3v) is 26.3. The molecule has 0 aliphatic rings. The summed E-state index contributed by atoms with van der Waals surface area (Å²) >= 11 is 0. The zero-order valence-corrected chi connectivity index (χ0v) is 92.3. The first-order valence-electron chi connectivity index (χ1n) is 49.5. The van der Waals surface area contributed by atoms with Crippen molar-refractivity contribution in [3.05, 3.63) is 459 Å². The quantitative estimate of drug-likeness (QED) is 0.0743. The average molecular weight is 2430 g/mol. The zero-order chi connectivity index (χ0) is 98.8. The largest absolute Gasteiger partial charge is 0.340 e. The third kappa shape index (κ3) is 21.8. The van der Waals surface area contributed by atoms with Crippen LogP contribution in [0, 0.1) is 36.4 Å². The van der Waals surface area contributed by atoms with Gasteiger partial charge in [-0.2, -0.15) is 72.8 Å². The van der Waals surface area contributed by atoms with Crippen LogP contribution in [-0.4, -0.2) is 71.0 Å². The van der Waals surface area contributed by atoms with E-state index >= 15 is 0 Å². The van der Waals surface area contributed by atoms with Crippen LogP contribution in [0.3, 0.4) is 0 Å². The summed E-state index contributed by atoms with van der Waals surface area (Å²) < 4.78 is 19.6. The summed E-state index contributed by atoms with van der Waals surface area (Å²) in [5, 5.41) is 7.27. The topological polar surface area (TPSA) is 122 Å². The molecule has 0 aliphatic heterocycles. The number of para-hydroxylation sites is 11. The molecule has 737 valence electrons. The molecule has 23 aromatic rings. The number of nitrogens with zero attached hydrogens (tertiary/aromatic N) is 15. The number of imidazole rings is 6. The Morgan fingerprint density at radius 3 is 0.745 bits per heavy atom. The van der Waals surface area contributed by atoms with Crippen molar-refractivity contribution in [2.45, 2.75) is 158 Å². The second-order valence-corrected chi connectivity index (χ2v) is 38.3. The van der Waals surface area contributed by atoms with Gasteiger partial charge in [0.25, 0.3) is 0 Å². The van der Waals surface area contributed by atoms with Crippen molar-refractivity contribution in [2.75, 3.05) is 0 Å². The average Bonchev–Trinajstić information content (AvgIpc) is 1.59. The van der Waals surface area contributed by atoms with Crippen molar-refractivity contribution in [2.24, 2.45) is 7.05 Å². The maximum atomic E-state index is 4.84. The van der Waals surface area contributed by atoms with Gasteiger partial charge in [-0.25, -0.2) is 15.0 Å². The van der Waals surface area contributed by atoms with E-state index in [1.165, 1.54) is 99.6 Å². The fraction of sp³-hybridized carbons (Fsp3) is 0.197. The predicted octanol–water partition coefficient (Wildman–Crippen LogP) is 31.9. The maximum Gasteiger partial charge on any atom is 0.217 e. The van der Waals surface area contributed by atoms with Gasteiger partial charge in [0.2, 0.25) is 17.8 Å². The Balaban J connectivity index is 0.000000131. The van der Waals surface area contributed by atoms with Crippen LogP contribution < -0.4 is 0 Å². The smallest absolute Gasteiger partial charge is 0.217 e. The Bertz CT molecular complexity index is 7620. The molecule has 0 fully saturated rings. The number of aryl methyl sites for hydroxylation is 1. The van der Waals surface area contributed by atoms with Crippen LogP contribution in [0.4, 0.5) is 0 Å². The number of hydrogen-bond donors (Lipinski definition) is 0. The summed E-state index contributed by atoms with van der Waals surface area (Å²) in [4.78, 5) is 27.7. The number of rotatable bonds is 19. The number of hydrogen-bond acceptors (Lipinski definition) is 6. The Morgan fingerprint density at radius 2 is 0.448 bits per heavy atom. The molecule has 0 N–H and O–H groups in total. The van der Waals surface area contributed by atoms with Gasteiger partial charge in [-0.1, -0.05) is 273 Å². The van der Waals surface area contributed by atoms with Gasteiger partial charge in [-0.15, -0.1) is 124 Å². The molecule has 9 aromatic heterocycles. The van der Waals surface area contributed by atoms with Gasteiger partial charge in [-0.05, 0) is 138 Å². The monoisotopic (exact) mass is 2430 g/mol. The Morgan fingerprint density at radius 1 is 0.207 bits per heavy atom. The van der Waals surface area contributed by atoms with Gasteiger partial charge in [-0.3, -0.25) is 24.1 Å². The van der Waals surface area contributed by atoms with E-state index in [1.807, 2.05) is 164 Å². The molecule has 14 aromatic carbocycles. The molecule has 3 radical (unpaired) electrons. The van der Waals surface area contributed by atoms with E-state index in [2.05, 4.69) is 434 Å². The Hall–Kier alpha value is -14.3. The van der Waals surface area contributed by atoms with Gasteiger partial charge >= 0.3 is 0 Å². The molecule has 0 saturated carbocycles. The first-order valence-corrected chi connectivity index (χ1v) is 49.5. The summed E-state index contributed by atoms with van der Waals surface area (Å²) in [7, 11) is 2.01. The van der Waals surface area contributed by atoms with E-state index in [0.29, 0.717) is 47.3 Å². The molecule has 0 saturated heterocycles. The van der Waals surface area contributed by atoms with E-state index in [0.717, 1.165) is 90.8 Å². The van der Waals surface area contributed by atoms with Crippen molar-refractivity contribution in [1.29, 1.82) is 0 Å². The molecule has 0 amide bonds. The molecule has 0 bridgehead atoms. The van der Waals surface area contributed by atoms with Gasteiger partial charge in [0.15, 0.2) is 0 Å². The summed E-state index contributed by atoms with van der Waals surface area (Å²) in [5.74, 6) is 9.09. The molecule has 0 spiro atoms. The molecule has 15 nitrogen and oxygen atoms in total. The van der Waals surface area contributed by atoms with Crippen molar-refractivity contribution in [3.63, 3.8) is 0 Å². The van der Waals surface area contributed by atoms with Gasteiger partial charge in [0.05, 0.1) is 23.2 Å². The van der Waals surface area contributed by atoms with Crippen LogP contribution in [0.15, 0.2) is 378 Å². The fourth-order valence-electron chi connectivity index (χ4n) is 19.4. The van der Waals surface area contributed by atoms with Crippen LogP contribution >= 0.6 is 0 Å². The van der Waals surface area contributed by atoms with E-state index in [-0.39, 0.29) is 60.3 Å². The second kappa shape index (κ2) is 47.5. The minimum atomic E-state index is 0. The van der Waals surface area contributed by atoms with Crippen molar-refractivity contribution >= 4 is 65.4 Å². The van der Waals surface area contributed by atoms with Crippen LogP contribution in [0.25, 0.3) is 146 Å². The maximum absolute atomic E-state index is 4.84. The van der Waals surface area contributed by atoms with E-state index in [9.17, 15) is 0 Å². The van der Waals surface area contributed by atoms with Gasteiger partial charge in [0, 0.05) is 181 Å². The number of benzene rings is 14. The van der Waals surface area contributed by atoms with Crippen molar-refractivity contribution < 1.29 is 60.3 Å². The van der Waals surface area contributed by atoms with E-state index in [4.69, 9.17) is 4.98 Å². The minimum Gasteiger partial charge on any atom is -0.340 e. The number of aromatic nitrogens is 15. The molecule has 9 heterocycles. The predicted molar refractivity (Wildman–Crippen MR) is 586 cm³/mol. The first-order chi connectivity index (χ1) is 69.1. The van der Waals surface area contributed by atoms with Gasteiger partial charge < -0.3 is 32.0 Å². The van der Waals surface area contributed by atoms with Crippen LogP contribution in [0.5, 0.6) is 0 Å². The Labute approximate surface area is 893 Å². The van der Waals surface area contributed by atoms with E-state index in [1.54, 1.807) is 0 Å². The summed E-state index contributed by atoms with van der Waals surface area (Å²) in [6.07, 6.45) is 23.4. The summed E-state index contributed by atoms with van der Waals surface area (Å²) in [6.45, 7) is 36.0. The molecule has 0 atom stereocenters. The zero-order valence-electron chi connectivity index (χ0n) is 85.1. The minimum absolute atomic E-state index is 0. The first kappa shape index (κ1) is 105. The molecular formula is C127H121Ir3N15-6. The van der Waals surface area contributed by atoms with Crippen molar-refractivity contribution in [3.8, 4) is 80.4 Å². The fourth-order valence-corrected chi connectivity index (χ4v) is 19.4. The molecule has 23 rings (SSSR count). The van der Waals surface area contributed by atoms with Gasteiger partial charge in [0.1, 0.15) is 0 Å². The Kier molecular flexibility index (Phi) is 34.4. The normalized spacial score (nSPS) is 11.3. The standard InChI is InChI=1S/C27H26N3.C21H14N3.3C21H23N2.C16H12N3.3Ir/c1-18(2)20-12-9-13-21(19(3)4)26(20)29-17-16-28-27(29)30-24-14-7-5-10-22(24)23-11-6-8-15-25(23)30;1-2-8-16(9-3-1)23-15-14-22-21(23)24-19-12-6-4-10-17(19)18-11-5-7-13-20(18)24;3*1-15(2)18-11-8-12-19(16(3)4)20(18)23-14-13-22-21(23)17-9-6-5-7-10-17;1-18-11-10-17-16(18)19-14-8-4-2-6-12(14)13-7-3-5-9-15(13)19;;;/h5-14,16-19H,1-4H3;1-12,14-15H;3*5-9,11-16H,1-4H3;2-8,10-11H,1H3;;;/q6*-1;;;. The van der Waals surface area contributed by atoms with Crippen LogP contribution in [0.2, 0.25) is 0 Å². The second-order valence-electron chi connectivity index (χ2n) is 38.3. The molecule has 145 heavy (non-hydrogen) atoms. The summed E-state index contributed by atoms with van der Waals surface area (Å²) in [6, 6.07) is 125. The van der Waals surface area contributed by atoms with Crippen molar-refractivity contribution in [1.82, 2.24) is 71.0 Å². The molecular weight excluding hydrogens is 2310 g/mol. The van der Waals surface area contributed by atoms with Crippen LogP contribution in [-0.2, 0) is 67.4 Å². The third-order valence-electron chi connectivity index (χ3n) is 26.3. The SMILES string of the molecule is CC(C)c1cccc(C(C)C)c1-n1ccnc1-c1[c-]cccc1.CC(C)c1cccc(C(C)C)c1-n1ccnc1-c1[c-]cccc1.CC(C)c1cccc(C(C)C)c1-n1ccnc1-c1[c-]cccc1.CC(C)c1cccc(C(C)C)c1-n1ccnc1-n1c2[c-]cccc2c2ccccc21.Cn1ccnc1-n1c2[c-]cccc2c2ccccc21.[Ir].[Ir].[Ir].[c-]1cccc2c3ccccc3n(-c3nccn3-c3ccccc3)c12.